The van der Waals surface area contributed by atoms with Crippen LogP contribution >= 0.6 is 24.0 Å². The highest BCUT2D eigenvalue weighted by atomic mass is 127. The lowest BCUT2D eigenvalue weighted by Crippen LogP contribution is -2.44. The first-order chi connectivity index (χ1) is 10.9. The van der Waals surface area contributed by atoms with E-state index >= 15 is 0 Å². The zero-order valence-electron chi connectivity index (χ0n) is 13.8. The minimum atomic E-state index is 0. The summed E-state index contributed by atoms with van der Waals surface area (Å²) in [5.41, 5.74) is 1.26. The lowest BCUT2D eigenvalue weighted by Gasteiger charge is -2.30. The van der Waals surface area contributed by atoms with E-state index in [9.17, 15) is 0 Å². The summed E-state index contributed by atoms with van der Waals surface area (Å²) in [7, 11) is 1.75. The molecule has 0 amide bonds. The molecule has 6 heteroatoms. The Morgan fingerprint density at radius 1 is 1.26 bits per heavy atom. The molecule has 2 aliphatic heterocycles. The summed E-state index contributed by atoms with van der Waals surface area (Å²) in [6.45, 7) is 5.09. The van der Waals surface area contributed by atoms with Crippen molar-refractivity contribution in [3.8, 4) is 5.75 Å². The fraction of sp³-hybridized carbons (Fsp3) is 0.588. The average molecular weight is 430 g/mol. The van der Waals surface area contributed by atoms with Gasteiger partial charge >= 0.3 is 0 Å². The Morgan fingerprint density at radius 3 is 2.74 bits per heavy atom. The van der Waals surface area contributed by atoms with Crippen molar-refractivity contribution in [2.75, 3.05) is 39.8 Å². The summed E-state index contributed by atoms with van der Waals surface area (Å²) >= 11 is 0. The summed E-state index contributed by atoms with van der Waals surface area (Å²) in [6.07, 6.45) is 3.68. The maximum Gasteiger partial charge on any atom is 0.191 e. The molecule has 0 radical (unpaired) electrons. The van der Waals surface area contributed by atoms with Gasteiger partial charge in [-0.05, 0) is 38.4 Å². The zero-order valence-corrected chi connectivity index (χ0v) is 16.1. The summed E-state index contributed by atoms with van der Waals surface area (Å²) < 4.78 is 5.58. The second kappa shape index (κ2) is 9.32. The van der Waals surface area contributed by atoms with Crippen molar-refractivity contribution in [2.45, 2.75) is 25.3 Å². The molecule has 2 N–H and O–H groups in total. The smallest absolute Gasteiger partial charge is 0.191 e. The van der Waals surface area contributed by atoms with Gasteiger partial charge in [0, 0.05) is 25.2 Å². The van der Waals surface area contributed by atoms with Gasteiger partial charge in [0.2, 0.25) is 0 Å². The average Bonchev–Trinajstić information content (AvgIpc) is 3.11. The van der Waals surface area contributed by atoms with Gasteiger partial charge in [0.1, 0.15) is 5.75 Å². The van der Waals surface area contributed by atoms with E-state index in [0.29, 0.717) is 6.04 Å². The van der Waals surface area contributed by atoms with Crippen molar-refractivity contribution in [1.82, 2.24) is 15.5 Å². The molecule has 128 valence electrons. The molecule has 3 rings (SSSR count). The Morgan fingerprint density at radius 2 is 2.04 bits per heavy atom. The molecule has 0 bridgehead atoms. The molecule has 0 spiro atoms. The maximum absolute atomic E-state index is 5.58. The van der Waals surface area contributed by atoms with Crippen LogP contribution in [0.2, 0.25) is 0 Å². The van der Waals surface area contributed by atoms with Crippen LogP contribution in [0.25, 0.3) is 0 Å². The molecular formula is C17H27IN4O. The van der Waals surface area contributed by atoms with Crippen LogP contribution in [0.1, 0.15) is 30.9 Å². The van der Waals surface area contributed by atoms with E-state index in [2.05, 4.69) is 38.7 Å². The van der Waals surface area contributed by atoms with Gasteiger partial charge in [0.05, 0.1) is 13.2 Å². The Hall–Kier alpha value is -1.02. The van der Waals surface area contributed by atoms with Crippen LogP contribution in [-0.4, -0.2) is 50.7 Å². The molecule has 1 fully saturated rings. The van der Waals surface area contributed by atoms with Crippen LogP contribution in [-0.2, 0) is 0 Å². The maximum atomic E-state index is 5.58. The van der Waals surface area contributed by atoms with Gasteiger partial charge in [0.25, 0.3) is 0 Å². The first-order valence-electron chi connectivity index (χ1n) is 8.27. The van der Waals surface area contributed by atoms with Crippen molar-refractivity contribution in [2.24, 2.45) is 4.99 Å². The standard InChI is InChI=1S/C17H26N4O.HI/c1-22-16-8-3-2-7-14(16)15(21-11-4-5-12-21)13-20-17-18-9-6-10-19-17;/h2-3,7-8,15H,4-6,9-13H2,1H3,(H2,18,19,20);1H. The van der Waals surface area contributed by atoms with Gasteiger partial charge in [-0.15, -0.1) is 24.0 Å². The quantitative estimate of drug-likeness (QED) is 0.705. The third-order valence-corrected chi connectivity index (χ3v) is 4.44. The minimum absolute atomic E-state index is 0. The van der Waals surface area contributed by atoms with E-state index in [1.54, 1.807) is 7.11 Å². The number of hydrogen-bond acceptors (Lipinski definition) is 5. The highest BCUT2D eigenvalue weighted by Crippen LogP contribution is 2.31. The SMILES string of the molecule is COc1ccccc1C(CNC1=NCCCN1)N1CCCC1.I. The number of benzene rings is 1. The van der Waals surface area contributed by atoms with E-state index in [0.717, 1.165) is 50.9 Å². The summed E-state index contributed by atoms with van der Waals surface area (Å²) in [5, 5.41) is 6.82. The highest BCUT2D eigenvalue weighted by Gasteiger charge is 2.26. The van der Waals surface area contributed by atoms with Crippen molar-refractivity contribution in [3.05, 3.63) is 29.8 Å². The van der Waals surface area contributed by atoms with Crippen LogP contribution in [0.3, 0.4) is 0 Å². The van der Waals surface area contributed by atoms with Crippen molar-refractivity contribution in [1.29, 1.82) is 0 Å². The zero-order chi connectivity index (χ0) is 15.2. The van der Waals surface area contributed by atoms with Crippen LogP contribution < -0.4 is 15.4 Å². The highest BCUT2D eigenvalue weighted by molar-refractivity contribution is 14.0. The van der Waals surface area contributed by atoms with Crippen LogP contribution in [0.4, 0.5) is 0 Å². The number of ether oxygens (including phenoxy) is 1. The topological polar surface area (TPSA) is 48.9 Å². The second-order valence-electron chi connectivity index (χ2n) is 5.89. The van der Waals surface area contributed by atoms with Crippen LogP contribution in [0, 0.1) is 0 Å². The number of likely N-dealkylation sites (tertiary alicyclic amines) is 1. The van der Waals surface area contributed by atoms with E-state index in [-0.39, 0.29) is 24.0 Å². The summed E-state index contributed by atoms with van der Waals surface area (Å²) in [6, 6.07) is 8.68. The predicted octanol–water partition coefficient (Wildman–Crippen LogP) is 2.39. The molecule has 23 heavy (non-hydrogen) atoms. The molecule has 2 aliphatic rings. The second-order valence-corrected chi connectivity index (χ2v) is 5.89. The number of hydrogen-bond donors (Lipinski definition) is 2. The largest absolute Gasteiger partial charge is 0.496 e. The molecule has 2 heterocycles. The van der Waals surface area contributed by atoms with Gasteiger partial charge in [-0.2, -0.15) is 0 Å². The third kappa shape index (κ3) is 4.73. The van der Waals surface area contributed by atoms with E-state index in [4.69, 9.17) is 4.74 Å². The van der Waals surface area contributed by atoms with Crippen LogP contribution in [0.5, 0.6) is 5.75 Å². The van der Waals surface area contributed by atoms with Crippen molar-refractivity contribution >= 4 is 29.9 Å². The number of rotatable bonds is 5. The normalized spacial score (nSPS) is 19.3. The number of guanidine groups is 1. The lowest BCUT2D eigenvalue weighted by molar-refractivity contribution is 0.239. The molecule has 0 saturated carbocycles. The first kappa shape index (κ1) is 18.3. The van der Waals surface area contributed by atoms with Gasteiger partial charge < -0.3 is 15.4 Å². The molecule has 5 nitrogen and oxygen atoms in total. The van der Waals surface area contributed by atoms with Crippen molar-refractivity contribution < 1.29 is 4.74 Å². The van der Waals surface area contributed by atoms with Crippen molar-refractivity contribution in [3.63, 3.8) is 0 Å². The number of methoxy groups -OCH3 is 1. The van der Waals surface area contributed by atoms with Gasteiger partial charge in [0.15, 0.2) is 5.96 Å². The fourth-order valence-electron chi connectivity index (χ4n) is 3.28. The number of para-hydroxylation sites is 1. The Balaban J connectivity index is 0.00000192. The lowest BCUT2D eigenvalue weighted by atomic mass is 10.0. The minimum Gasteiger partial charge on any atom is -0.496 e. The molecule has 0 aliphatic carbocycles. The molecule has 0 aromatic heterocycles. The monoisotopic (exact) mass is 430 g/mol. The number of nitrogens with one attached hydrogen (secondary N) is 2. The number of halogens is 1. The molecule has 1 atom stereocenters. The Bertz CT molecular complexity index is 517. The first-order valence-corrected chi connectivity index (χ1v) is 8.27. The molecule has 1 saturated heterocycles. The molecule has 1 aromatic carbocycles. The van der Waals surface area contributed by atoms with Gasteiger partial charge in [-0.1, -0.05) is 18.2 Å². The molecule has 1 unspecified atom stereocenters. The molecular weight excluding hydrogens is 403 g/mol. The number of aliphatic imine (C=N–C) groups is 1. The third-order valence-electron chi connectivity index (χ3n) is 4.44. The summed E-state index contributed by atoms with van der Waals surface area (Å²) in [5.74, 6) is 1.91. The van der Waals surface area contributed by atoms with Gasteiger partial charge in [-0.25, -0.2) is 0 Å². The Kier molecular flexibility index (Phi) is 7.42. The van der Waals surface area contributed by atoms with E-state index in [1.165, 1.54) is 18.4 Å². The number of nitrogens with zero attached hydrogens (tertiary/aromatic N) is 2. The Labute approximate surface area is 155 Å². The summed E-state index contributed by atoms with van der Waals surface area (Å²) in [4.78, 5) is 7.06. The van der Waals surface area contributed by atoms with Gasteiger partial charge in [-0.3, -0.25) is 9.89 Å². The van der Waals surface area contributed by atoms with Crippen LogP contribution in [0.15, 0.2) is 29.3 Å². The predicted molar refractivity (Wildman–Crippen MR) is 105 cm³/mol. The van der Waals surface area contributed by atoms with E-state index in [1.807, 2.05) is 6.07 Å². The van der Waals surface area contributed by atoms with E-state index < -0.39 is 0 Å². The molecule has 1 aromatic rings. The fourth-order valence-corrected chi connectivity index (χ4v) is 3.28.